The van der Waals surface area contributed by atoms with Gasteiger partial charge < -0.3 is 30.9 Å². The third-order valence-electron chi connectivity index (χ3n) is 12.9. The van der Waals surface area contributed by atoms with Crippen LogP contribution in [0.1, 0.15) is 107 Å². The maximum Gasteiger partial charge on any atom is 0.246 e. The fourth-order valence-corrected chi connectivity index (χ4v) is 9.37. The molecule has 10 nitrogen and oxygen atoms in total. The Morgan fingerprint density at radius 1 is 0.917 bits per heavy atom. The molecule has 270 valence electrons. The molecule has 0 aromatic heterocycles. The average Bonchev–Trinajstić information content (AvgIpc) is 3.69. The van der Waals surface area contributed by atoms with E-state index in [1.54, 1.807) is 11.0 Å². The van der Waals surface area contributed by atoms with Crippen LogP contribution in [-0.2, 0) is 19.2 Å². The van der Waals surface area contributed by atoms with Crippen LogP contribution in [0.15, 0.2) is 25.0 Å². The Labute approximate surface area is 288 Å². The SMILES string of the molecule is C=C[C@@H]1C[C@]1(NC(=O)[C@@H]1CC2(CN1C(=O)[C@@H](NC(=O)C(NC=O)C(C)(C)C)C(C)(C)C)C(C)(C)C21CCC1)C(=C)O.CN1CCCCC1. The lowest BCUT2D eigenvalue weighted by Crippen LogP contribution is -2.62. The second-order valence-electron chi connectivity index (χ2n) is 18.0. The molecular formula is C38H63N5O5. The smallest absolute Gasteiger partial charge is 0.246 e. The standard InChI is InChI=1S/C32H50N4O5.C6H13N/c1-11-20-15-32(20,19(2)38)35-24(39)21-16-31(29(9,10)30(31)13-12-14-30)17-36(21)26(41)23(28(6,7)8)34-25(40)22(33-18-37)27(3,4)5;1-7-5-3-2-4-6-7/h11,18,20-23,38H,1-2,12-17H2,3-10H3,(H,33,37)(H,34,40)(H,35,39);2-6H2,1H3/t20-,21+,22?,23-,31?,32+;/m1./s1. The van der Waals surface area contributed by atoms with Crippen LogP contribution in [0.3, 0.4) is 0 Å². The van der Waals surface area contributed by atoms with E-state index in [1.807, 2.05) is 41.5 Å². The lowest BCUT2D eigenvalue weighted by Gasteiger charge is -2.38. The molecule has 2 spiro atoms. The predicted octanol–water partition coefficient (Wildman–Crippen LogP) is 4.71. The number of aliphatic hydroxyl groups excluding tert-OH is 1. The van der Waals surface area contributed by atoms with Crippen molar-refractivity contribution in [2.75, 3.05) is 26.7 Å². The summed E-state index contributed by atoms with van der Waals surface area (Å²) in [5.41, 5.74) is -2.35. The third-order valence-corrected chi connectivity index (χ3v) is 12.9. The molecule has 0 bridgehead atoms. The van der Waals surface area contributed by atoms with Gasteiger partial charge in [-0.15, -0.1) is 6.58 Å². The number of fused-ring (bicyclic) bond motifs is 1. The number of likely N-dealkylation sites (tertiary alicyclic amines) is 2. The summed E-state index contributed by atoms with van der Waals surface area (Å²) in [6.45, 7) is 26.3. The van der Waals surface area contributed by atoms with Gasteiger partial charge >= 0.3 is 0 Å². The first-order chi connectivity index (χ1) is 22.2. The summed E-state index contributed by atoms with van der Waals surface area (Å²) in [6, 6.07) is -2.53. The molecule has 5 aliphatic rings. The highest BCUT2D eigenvalue weighted by atomic mass is 16.3. The molecule has 2 unspecified atom stereocenters. The molecule has 4 N–H and O–H groups in total. The van der Waals surface area contributed by atoms with Gasteiger partial charge in [0.1, 0.15) is 29.4 Å². The first-order valence-corrected chi connectivity index (χ1v) is 18.0. The number of carbonyl (C=O) groups is 4. The minimum Gasteiger partial charge on any atom is -0.510 e. The van der Waals surface area contributed by atoms with Crippen molar-refractivity contribution in [3.05, 3.63) is 25.0 Å². The summed E-state index contributed by atoms with van der Waals surface area (Å²) in [4.78, 5) is 57.4. The minimum absolute atomic E-state index is 0.0288. The molecule has 5 rings (SSSR count). The van der Waals surface area contributed by atoms with Crippen molar-refractivity contribution in [3.63, 3.8) is 0 Å². The molecule has 2 saturated heterocycles. The second kappa shape index (κ2) is 13.1. The Kier molecular flexibility index (Phi) is 10.4. The highest BCUT2D eigenvalue weighted by Gasteiger charge is 2.85. The molecule has 48 heavy (non-hydrogen) atoms. The Balaban J connectivity index is 0.000000659. The first kappa shape index (κ1) is 37.9. The number of hydrogen-bond donors (Lipinski definition) is 4. The van der Waals surface area contributed by atoms with Crippen molar-refractivity contribution in [3.8, 4) is 0 Å². The van der Waals surface area contributed by atoms with E-state index >= 15 is 0 Å². The summed E-state index contributed by atoms with van der Waals surface area (Å²) < 4.78 is 0. The molecule has 0 radical (unpaired) electrons. The van der Waals surface area contributed by atoms with E-state index in [9.17, 15) is 24.3 Å². The topological polar surface area (TPSA) is 131 Å². The number of amides is 4. The van der Waals surface area contributed by atoms with Crippen LogP contribution < -0.4 is 16.0 Å². The van der Waals surface area contributed by atoms with Crippen LogP contribution in [0.2, 0.25) is 0 Å². The van der Waals surface area contributed by atoms with Gasteiger partial charge in [0, 0.05) is 17.9 Å². The zero-order chi connectivity index (χ0) is 36.1. The van der Waals surface area contributed by atoms with Gasteiger partial charge in [-0.25, -0.2) is 0 Å². The highest BCUT2D eigenvalue weighted by molar-refractivity contribution is 5.95. The first-order valence-electron chi connectivity index (χ1n) is 18.0. The van der Waals surface area contributed by atoms with Gasteiger partial charge in [0.05, 0.1) is 0 Å². The van der Waals surface area contributed by atoms with Crippen LogP contribution in [-0.4, -0.2) is 89.4 Å². The molecule has 4 amide bonds. The van der Waals surface area contributed by atoms with Crippen molar-refractivity contribution >= 4 is 24.1 Å². The Morgan fingerprint density at radius 3 is 1.88 bits per heavy atom. The summed E-state index contributed by atoms with van der Waals surface area (Å²) in [6.07, 6.45) is 10.8. The largest absolute Gasteiger partial charge is 0.510 e. The third kappa shape index (κ3) is 6.42. The molecule has 2 aliphatic heterocycles. The number of piperidine rings is 1. The Hall–Kier alpha value is -2.88. The van der Waals surface area contributed by atoms with Gasteiger partial charge in [0.2, 0.25) is 24.1 Å². The maximum atomic E-state index is 14.5. The number of hydrogen-bond acceptors (Lipinski definition) is 6. The molecule has 5 fully saturated rings. The van der Waals surface area contributed by atoms with Crippen molar-refractivity contribution in [1.29, 1.82) is 0 Å². The van der Waals surface area contributed by atoms with Crippen molar-refractivity contribution in [1.82, 2.24) is 25.8 Å². The summed E-state index contributed by atoms with van der Waals surface area (Å²) in [5.74, 6) is -1.32. The Bertz CT molecular complexity index is 1290. The maximum absolute atomic E-state index is 14.5. The monoisotopic (exact) mass is 669 g/mol. The van der Waals surface area contributed by atoms with E-state index in [0.717, 1.165) is 19.3 Å². The van der Waals surface area contributed by atoms with Gasteiger partial charge in [0.15, 0.2) is 0 Å². The van der Waals surface area contributed by atoms with Crippen molar-refractivity contribution in [2.24, 2.45) is 33.0 Å². The van der Waals surface area contributed by atoms with Crippen LogP contribution in [0.5, 0.6) is 0 Å². The number of nitrogens with zero attached hydrogens (tertiary/aromatic N) is 2. The minimum atomic E-state index is -0.964. The number of carbonyl (C=O) groups excluding carboxylic acids is 4. The molecule has 0 aromatic rings. The molecule has 3 saturated carbocycles. The fourth-order valence-electron chi connectivity index (χ4n) is 9.37. The van der Waals surface area contributed by atoms with Crippen LogP contribution in [0.25, 0.3) is 0 Å². The van der Waals surface area contributed by atoms with Crippen molar-refractivity contribution < 1.29 is 24.3 Å². The highest BCUT2D eigenvalue weighted by Crippen LogP contribution is 2.88. The van der Waals surface area contributed by atoms with Gasteiger partial charge in [-0.3, -0.25) is 19.2 Å². The number of nitrogens with one attached hydrogen (secondary N) is 3. The van der Waals surface area contributed by atoms with Crippen LogP contribution in [0, 0.1) is 33.0 Å². The van der Waals surface area contributed by atoms with E-state index in [-0.39, 0.29) is 39.7 Å². The van der Waals surface area contributed by atoms with E-state index in [4.69, 9.17) is 0 Å². The van der Waals surface area contributed by atoms with E-state index < -0.39 is 40.4 Å². The van der Waals surface area contributed by atoms with Gasteiger partial charge in [-0.2, -0.15) is 0 Å². The number of rotatable bonds is 9. The van der Waals surface area contributed by atoms with Gasteiger partial charge in [-0.05, 0) is 80.3 Å². The normalized spacial score (nSPS) is 31.3. The summed E-state index contributed by atoms with van der Waals surface area (Å²) >= 11 is 0. The molecule has 3 aliphatic carbocycles. The zero-order valence-electron chi connectivity index (χ0n) is 31.1. The molecule has 10 heteroatoms. The van der Waals surface area contributed by atoms with Crippen molar-refractivity contribution in [2.45, 2.75) is 130 Å². The Morgan fingerprint density at radius 2 is 1.50 bits per heavy atom. The lowest BCUT2D eigenvalue weighted by atomic mass is 9.73. The number of aliphatic hydroxyl groups is 1. The quantitative estimate of drug-likeness (QED) is 0.160. The van der Waals surface area contributed by atoms with Gasteiger partial charge in [0.25, 0.3) is 0 Å². The zero-order valence-corrected chi connectivity index (χ0v) is 31.1. The van der Waals surface area contributed by atoms with Crippen LogP contribution >= 0.6 is 0 Å². The summed E-state index contributed by atoms with van der Waals surface area (Å²) in [7, 11) is 2.19. The van der Waals surface area contributed by atoms with Gasteiger partial charge in [-0.1, -0.05) is 80.9 Å². The van der Waals surface area contributed by atoms with E-state index in [2.05, 4.69) is 54.9 Å². The summed E-state index contributed by atoms with van der Waals surface area (Å²) in [5, 5.41) is 19.0. The molecule has 2 heterocycles. The average molecular weight is 670 g/mol. The van der Waals surface area contributed by atoms with E-state index in [0.29, 0.717) is 25.8 Å². The van der Waals surface area contributed by atoms with Crippen LogP contribution in [0.4, 0.5) is 0 Å². The molecular weight excluding hydrogens is 606 g/mol. The molecule has 0 aromatic carbocycles. The van der Waals surface area contributed by atoms with E-state index in [1.165, 1.54) is 32.4 Å². The predicted molar refractivity (Wildman–Crippen MR) is 189 cm³/mol. The second-order valence-corrected chi connectivity index (χ2v) is 18.0. The molecule has 6 atom stereocenters. The fraction of sp³-hybridized carbons (Fsp3) is 0.789. The lowest BCUT2D eigenvalue weighted by molar-refractivity contribution is -0.145.